The number of nitrogens with two attached hydrogens (primary N) is 1. The number of rotatable bonds is 4. The molecule has 94 valence electrons. The summed E-state index contributed by atoms with van der Waals surface area (Å²) >= 11 is 0. The molecule has 16 heavy (non-hydrogen) atoms. The highest BCUT2D eigenvalue weighted by atomic mass is 16.6. The van der Waals surface area contributed by atoms with Crippen LogP contribution < -0.4 is 11.1 Å². The molecular weight excluding hydrogens is 204 g/mol. The fraction of sp³-hybridized carbons (Fsp3) is 0.917. The van der Waals surface area contributed by atoms with E-state index in [1.54, 1.807) is 0 Å². The van der Waals surface area contributed by atoms with Gasteiger partial charge < -0.3 is 15.8 Å². The Morgan fingerprint density at radius 3 is 2.50 bits per heavy atom. The summed E-state index contributed by atoms with van der Waals surface area (Å²) in [7, 11) is 0. The monoisotopic (exact) mass is 228 g/mol. The van der Waals surface area contributed by atoms with Crippen molar-refractivity contribution in [3.8, 4) is 0 Å². The summed E-state index contributed by atoms with van der Waals surface area (Å²) in [4.78, 5) is 11.5. The number of ether oxygens (including phenoxy) is 1. The first-order valence-electron chi connectivity index (χ1n) is 6.30. The Kier molecular flexibility index (Phi) is 5.60. The zero-order valence-corrected chi connectivity index (χ0v) is 10.4. The zero-order chi connectivity index (χ0) is 12.0. The summed E-state index contributed by atoms with van der Waals surface area (Å²) in [5.74, 6) is 0.526. The van der Waals surface area contributed by atoms with Crippen LogP contribution in [0.2, 0.25) is 0 Å². The topological polar surface area (TPSA) is 64.3 Å². The van der Waals surface area contributed by atoms with Gasteiger partial charge in [-0.05, 0) is 32.6 Å². The average molecular weight is 228 g/mol. The molecule has 0 aliphatic heterocycles. The Morgan fingerprint density at radius 1 is 1.38 bits per heavy atom. The van der Waals surface area contributed by atoms with Crippen molar-refractivity contribution in [3.63, 3.8) is 0 Å². The fourth-order valence-corrected chi connectivity index (χ4v) is 2.31. The molecule has 1 saturated carbocycles. The van der Waals surface area contributed by atoms with Crippen molar-refractivity contribution in [2.75, 3.05) is 6.54 Å². The number of amides is 1. The average Bonchev–Trinajstić information content (AvgIpc) is 2.26. The molecule has 0 spiro atoms. The molecule has 1 unspecified atom stereocenters. The second-order valence-electron chi connectivity index (χ2n) is 4.84. The highest BCUT2D eigenvalue weighted by Gasteiger charge is 2.24. The van der Waals surface area contributed by atoms with Gasteiger partial charge in [0.15, 0.2) is 0 Å². The van der Waals surface area contributed by atoms with Crippen molar-refractivity contribution >= 4 is 6.09 Å². The third-order valence-electron chi connectivity index (χ3n) is 3.12. The van der Waals surface area contributed by atoms with Crippen molar-refractivity contribution in [1.29, 1.82) is 0 Å². The van der Waals surface area contributed by atoms with Gasteiger partial charge in [0.2, 0.25) is 0 Å². The van der Waals surface area contributed by atoms with Crippen LogP contribution in [0, 0.1) is 5.92 Å². The summed E-state index contributed by atoms with van der Waals surface area (Å²) in [6.07, 6.45) is 5.74. The first kappa shape index (κ1) is 13.3. The first-order valence-corrected chi connectivity index (χ1v) is 6.30. The molecule has 0 radical (unpaired) electrons. The fourth-order valence-electron chi connectivity index (χ4n) is 2.31. The third-order valence-corrected chi connectivity index (χ3v) is 3.12. The van der Waals surface area contributed by atoms with Gasteiger partial charge in [0.25, 0.3) is 0 Å². The number of hydrogen-bond donors (Lipinski definition) is 2. The van der Waals surface area contributed by atoms with E-state index in [9.17, 15) is 4.79 Å². The molecule has 1 aliphatic carbocycles. The molecule has 4 nitrogen and oxygen atoms in total. The lowest BCUT2D eigenvalue weighted by molar-refractivity contribution is 0.107. The molecule has 0 saturated heterocycles. The minimum atomic E-state index is -0.337. The molecule has 0 heterocycles. The summed E-state index contributed by atoms with van der Waals surface area (Å²) < 4.78 is 5.07. The van der Waals surface area contributed by atoms with Crippen LogP contribution >= 0.6 is 0 Å². The molecule has 0 aromatic rings. The van der Waals surface area contributed by atoms with Crippen LogP contribution in [0.1, 0.15) is 46.0 Å². The van der Waals surface area contributed by atoms with E-state index in [2.05, 4.69) is 5.32 Å². The molecule has 1 aliphatic rings. The molecule has 0 aromatic heterocycles. The number of alkyl carbamates (subject to hydrolysis) is 1. The van der Waals surface area contributed by atoms with Crippen LogP contribution in [0.25, 0.3) is 0 Å². The molecule has 1 rings (SSSR count). The lowest BCUT2D eigenvalue weighted by atomic mass is 9.84. The highest BCUT2D eigenvalue weighted by molar-refractivity contribution is 5.67. The van der Waals surface area contributed by atoms with E-state index in [4.69, 9.17) is 10.5 Å². The molecule has 3 N–H and O–H groups in total. The van der Waals surface area contributed by atoms with Gasteiger partial charge in [-0.1, -0.05) is 19.3 Å². The Labute approximate surface area is 97.9 Å². The molecular formula is C12H24N2O2. The van der Waals surface area contributed by atoms with E-state index >= 15 is 0 Å². The summed E-state index contributed by atoms with van der Waals surface area (Å²) in [6.45, 7) is 4.19. The van der Waals surface area contributed by atoms with Gasteiger partial charge in [0.1, 0.15) is 0 Å². The van der Waals surface area contributed by atoms with Crippen LogP contribution in [0.15, 0.2) is 0 Å². The van der Waals surface area contributed by atoms with Crippen LogP contribution in [0.4, 0.5) is 4.79 Å². The van der Waals surface area contributed by atoms with Crippen molar-refractivity contribution in [1.82, 2.24) is 5.32 Å². The van der Waals surface area contributed by atoms with E-state index < -0.39 is 0 Å². The predicted octanol–water partition coefficient (Wildman–Crippen LogP) is 2.03. The minimum Gasteiger partial charge on any atom is -0.447 e. The van der Waals surface area contributed by atoms with Crippen molar-refractivity contribution < 1.29 is 9.53 Å². The van der Waals surface area contributed by atoms with Gasteiger partial charge >= 0.3 is 6.09 Å². The van der Waals surface area contributed by atoms with Gasteiger partial charge in [0, 0.05) is 12.6 Å². The van der Waals surface area contributed by atoms with Gasteiger partial charge in [0.05, 0.1) is 6.10 Å². The number of nitrogens with one attached hydrogen (secondary N) is 1. The summed E-state index contributed by atoms with van der Waals surface area (Å²) in [5.41, 5.74) is 5.71. The molecule has 4 heteroatoms. The number of carbonyl (C=O) groups excluding carboxylic acids is 1. The van der Waals surface area contributed by atoms with Gasteiger partial charge in [-0.25, -0.2) is 4.79 Å². The van der Waals surface area contributed by atoms with E-state index in [1.165, 1.54) is 32.1 Å². The quantitative estimate of drug-likeness (QED) is 0.773. The van der Waals surface area contributed by atoms with Crippen LogP contribution in [-0.4, -0.2) is 24.8 Å². The smallest absolute Gasteiger partial charge is 0.407 e. The maximum atomic E-state index is 11.5. The maximum absolute atomic E-state index is 11.5. The Hall–Kier alpha value is -0.770. The van der Waals surface area contributed by atoms with Gasteiger partial charge in [-0.15, -0.1) is 0 Å². The van der Waals surface area contributed by atoms with Gasteiger partial charge in [-0.3, -0.25) is 0 Å². The Bertz CT molecular complexity index is 213. The van der Waals surface area contributed by atoms with E-state index in [1.807, 2.05) is 13.8 Å². The lowest BCUT2D eigenvalue weighted by Gasteiger charge is -2.29. The van der Waals surface area contributed by atoms with Crippen LogP contribution in [0.3, 0.4) is 0 Å². The standard InChI is InChI=1S/C12H24N2O2/c1-9(2)16-12(15)14-11(8-13)10-6-4-3-5-7-10/h9-11H,3-8,13H2,1-2H3,(H,14,15). The summed E-state index contributed by atoms with van der Waals surface area (Å²) in [5, 5.41) is 2.88. The second kappa shape index (κ2) is 6.74. The number of carbonyl (C=O) groups is 1. The number of hydrogen-bond acceptors (Lipinski definition) is 3. The van der Waals surface area contributed by atoms with Crippen molar-refractivity contribution in [2.45, 2.75) is 58.1 Å². The zero-order valence-electron chi connectivity index (χ0n) is 10.4. The van der Waals surface area contributed by atoms with E-state index in [-0.39, 0.29) is 18.2 Å². The molecule has 0 aromatic carbocycles. The molecule has 1 amide bonds. The Balaban J connectivity index is 2.37. The lowest BCUT2D eigenvalue weighted by Crippen LogP contribution is -2.46. The normalized spacial score (nSPS) is 19.5. The molecule has 1 fully saturated rings. The Morgan fingerprint density at radius 2 is 2.00 bits per heavy atom. The SMILES string of the molecule is CC(C)OC(=O)NC(CN)C1CCCCC1. The van der Waals surface area contributed by atoms with Crippen LogP contribution in [0.5, 0.6) is 0 Å². The molecule has 0 bridgehead atoms. The predicted molar refractivity (Wildman–Crippen MR) is 64.2 cm³/mol. The van der Waals surface area contributed by atoms with E-state index in [0.717, 1.165) is 0 Å². The maximum Gasteiger partial charge on any atom is 0.407 e. The third kappa shape index (κ3) is 4.39. The molecule has 1 atom stereocenters. The summed E-state index contributed by atoms with van der Waals surface area (Å²) in [6, 6.07) is 0.0755. The van der Waals surface area contributed by atoms with Crippen molar-refractivity contribution in [3.05, 3.63) is 0 Å². The minimum absolute atomic E-state index is 0.0755. The largest absolute Gasteiger partial charge is 0.447 e. The second-order valence-corrected chi connectivity index (χ2v) is 4.84. The van der Waals surface area contributed by atoms with Crippen molar-refractivity contribution in [2.24, 2.45) is 11.7 Å². The van der Waals surface area contributed by atoms with Crippen LogP contribution in [-0.2, 0) is 4.74 Å². The van der Waals surface area contributed by atoms with Gasteiger partial charge in [-0.2, -0.15) is 0 Å². The first-order chi connectivity index (χ1) is 7.63. The highest BCUT2D eigenvalue weighted by Crippen LogP contribution is 2.26. The van der Waals surface area contributed by atoms with E-state index in [0.29, 0.717) is 12.5 Å².